The summed E-state index contributed by atoms with van der Waals surface area (Å²) in [4.78, 5) is 4.22. The predicted octanol–water partition coefficient (Wildman–Crippen LogP) is 3.11. The lowest BCUT2D eigenvalue weighted by Gasteiger charge is -2.04. The molecule has 0 bridgehead atoms. The number of alkyl halides is 1. The fraction of sp³-hybridized carbons (Fsp3) is 0.500. The van der Waals surface area contributed by atoms with Gasteiger partial charge in [0, 0.05) is 5.33 Å². The number of pyridine rings is 1. The number of hydrogen-bond donors (Lipinski definition) is 0. The van der Waals surface area contributed by atoms with Gasteiger partial charge in [0.2, 0.25) is 0 Å². The summed E-state index contributed by atoms with van der Waals surface area (Å²) >= 11 is 5.19. The molecule has 1 aromatic rings. The Kier molecular flexibility index (Phi) is 6.03. The van der Waals surface area contributed by atoms with Gasteiger partial charge in [-0.25, -0.2) is 0 Å². The maximum atomic E-state index is 5.52. The van der Waals surface area contributed by atoms with Crippen molar-refractivity contribution in [2.24, 2.45) is 0 Å². The standard InChI is InChI=1S/C10H14BrNOS/c1-14-6-2-5-13-10-4-3-9(7-11)12-8-10/h3-4,8H,2,5-7H2,1H3. The minimum atomic E-state index is 0.774. The minimum absolute atomic E-state index is 0.774. The second kappa shape index (κ2) is 7.12. The highest BCUT2D eigenvalue weighted by Gasteiger charge is 1.95. The molecule has 0 amide bonds. The molecule has 0 spiro atoms. The molecule has 0 aliphatic heterocycles. The maximum Gasteiger partial charge on any atom is 0.137 e. The number of hydrogen-bond acceptors (Lipinski definition) is 3. The van der Waals surface area contributed by atoms with Crippen LogP contribution in [0.25, 0.3) is 0 Å². The lowest BCUT2D eigenvalue weighted by molar-refractivity contribution is 0.317. The molecule has 0 saturated carbocycles. The summed E-state index contributed by atoms with van der Waals surface area (Å²) in [5.74, 6) is 2.00. The summed E-state index contributed by atoms with van der Waals surface area (Å²) in [6.07, 6.45) is 4.96. The zero-order chi connectivity index (χ0) is 10.2. The topological polar surface area (TPSA) is 22.1 Å². The van der Waals surface area contributed by atoms with Crippen LogP contribution in [0, 0.1) is 0 Å². The zero-order valence-electron chi connectivity index (χ0n) is 8.20. The zero-order valence-corrected chi connectivity index (χ0v) is 10.6. The maximum absolute atomic E-state index is 5.52. The molecule has 0 radical (unpaired) electrons. The third-order valence-electron chi connectivity index (χ3n) is 1.70. The van der Waals surface area contributed by atoms with Gasteiger partial charge in [0.25, 0.3) is 0 Å². The molecule has 0 aromatic carbocycles. The number of nitrogens with zero attached hydrogens (tertiary/aromatic N) is 1. The van der Waals surface area contributed by atoms with Crippen LogP contribution in [0.2, 0.25) is 0 Å². The van der Waals surface area contributed by atoms with Crippen LogP contribution in [0.4, 0.5) is 0 Å². The van der Waals surface area contributed by atoms with Gasteiger partial charge in [0.1, 0.15) is 5.75 Å². The van der Waals surface area contributed by atoms with E-state index in [0.29, 0.717) is 0 Å². The van der Waals surface area contributed by atoms with Gasteiger partial charge in [-0.2, -0.15) is 11.8 Å². The van der Waals surface area contributed by atoms with Gasteiger partial charge in [-0.05, 0) is 30.6 Å². The van der Waals surface area contributed by atoms with E-state index in [1.165, 1.54) is 0 Å². The van der Waals surface area contributed by atoms with Gasteiger partial charge in [-0.1, -0.05) is 15.9 Å². The van der Waals surface area contributed by atoms with Crippen molar-refractivity contribution in [3.05, 3.63) is 24.0 Å². The van der Waals surface area contributed by atoms with Crippen LogP contribution in [0.15, 0.2) is 18.3 Å². The van der Waals surface area contributed by atoms with E-state index in [1.807, 2.05) is 23.9 Å². The lowest BCUT2D eigenvalue weighted by atomic mass is 10.4. The normalized spacial score (nSPS) is 10.1. The summed E-state index contributed by atoms with van der Waals surface area (Å²) in [6, 6.07) is 3.93. The fourth-order valence-electron chi connectivity index (χ4n) is 0.969. The van der Waals surface area contributed by atoms with Crippen molar-refractivity contribution in [3.8, 4) is 5.75 Å². The number of ether oxygens (including phenoxy) is 1. The SMILES string of the molecule is CSCCCOc1ccc(CBr)nc1. The molecule has 78 valence electrons. The molecule has 0 atom stereocenters. The summed E-state index contributed by atoms with van der Waals surface area (Å²) < 4.78 is 5.52. The van der Waals surface area contributed by atoms with Crippen LogP contribution in [-0.4, -0.2) is 23.6 Å². The van der Waals surface area contributed by atoms with E-state index in [9.17, 15) is 0 Å². The molecule has 4 heteroatoms. The monoisotopic (exact) mass is 275 g/mol. The Balaban J connectivity index is 2.29. The third kappa shape index (κ3) is 4.33. The van der Waals surface area contributed by atoms with Gasteiger partial charge in [0.15, 0.2) is 0 Å². The molecular formula is C10H14BrNOS. The van der Waals surface area contributed by atoms with Crippen LogP contribution >= 0.6 is 27.7 Å². The van der Waals surface area contributed by atoms with Crippen LogP contribution in [-0.2, 0) is 5.33 Å². The lowest BCUT2D eigenvalue weighted by Crippen LogP contribution is -1.99. The summed E-state index contributed by atoms with van der Waals surface area (Å²) in [5.41, 5.74) is 1.03. The average molecular weight is 276 g/mol. The predicted molar refractivity (Wildman–Crippen MR) is 65.4 cm³/mol. The van der Waals surface area contributed by atoms with Crippen LogP contribution in [0.3, 0.4) is 0 Å². The molecule has 1 heterocycles. The van der Waals surface area contributed by atoms with Crippen molar-refractivity contribution in [1.29, 1.82) is 0 Å². The summed E-state index contributed by atoms with van der Waals surface area (Å²) in [5, 5.41) is 0.791. The van der Waals surface area contributed by atoms with E-state index in [4.69, 9.17) is 4.74 Å². The number of rotatable bonds is 6. The van der Waals surface area contributed by atoms with Gasteiger partial charge < -0.3 is 4.74 Å². The smallest absolute Gasteiger partial charge is 0.137 e. The van der Waals surface area contributed by atoms with Crippen molar-refractivity contribution < 1.29 is 4.74 Å². The second-order valence-corrected chi connectivity index (χ2v) is 4.36. The van der Waals surface area contributed by atoms with Crippen molar-refractivity contribution in [2.75, 3.05) is 18.6 Å². The molecule has 1 rings (SSSR count). The number of thioether (sulfide) groups is 1. The quantitative estimate of drug-likeness (QED) is 0.588. The first-order valence-corrected chi connectivity index (χ1v) is 7.01. The number of halogens is 1. The van der Waals surface area contributed by atoms with Gasteiger partial charge in [-0.3, -0.25) is 4.98 Å². The van der Waals surface area contributed by atoms with Crippen LogP contribution < -0.4 is 4.74 Å². The molecule has 0 aliphatic rings. The minimum Gasteiger partial charge on any atom is -0.492 e. The van der Waals surface area contributed by atoms with E-state index in [2.05, 4.69) is 27.2 Å². The first kappa shape index (κ1) is 11.9. The second-order valence-electron chi connectivity index (χ2n) is 2.81. The van der Waals surface area contributed by atoms with Crippen molar-refractivity contribution >= 4 is 27.7 Å². The molecular weight excluding hydrogens is 262 g/mol. The van der Waals surface area contributed by atoms with Crippen molar-refractivity contribution in [1.82, 2.24) is 4.98 Å². The Hall–Kier alpha value is -0.220. The Morgan fingerprint density at radius 3 is 2.93 bits per heavy atom. The first-order chi connectivity index (χ1) is 6.86. The Morgan fingerprint density at radius 2 is 2.36 bits per heavy atom. The summed E-state index contributed by atoms with van der Waals surface area (Å²) in [7, 11) is 0. The third-order valence-corrected chi connectivity index (χ3v) is 2.97. The molecule has 0 saturated heterocycles. The van der Waals surface area contributed by atoms with E-state index >= 15 is 0 Å². The van der Waals surface area contributed by atoms with Crippen LogP contribution in [0.1, 0.15) is 12.1 Å². The molecule has 0 fully saturated rings. The molecule has 0 aliphatic carbocycles. The van der Waals surface area contributed by atoms with E-state index in [0.717, 1.165) is 35.6 Å². The molecule has 0 N–H and O–H groups in total. The van der Waals surface area contributed by atoms with E-state index in [-0.39, 0.29) is 0 Å². The molecule has 14 heavy (non-hydrogen) atoms. The Bertz CT molecular complexity index is 253. The highest BCUT2D eigenvalue weighted by Crippen LogP contribution is 2.11. The Labute approximate surface area is 97.6 Å². The average Bonchev–Trinajstić information content (AvgIpc) is 2.25. The van der Waals surface area contributed by atoms with E-state index < -0.39 is 0 Å². The van der Waals surface area contributed by atoms with Gasteiger partial charge in [0.05, 0.1) is 18.5 Å². The largest absolute Gasteiger partial charge is 0.492 e. The highest BCUT2D eigenvalue weighted by atomic mass is 79.9. The van der Waals surface area contributed by atoms with Crippen molar-refractivity contribution in [2.45, 2.75) is 11.8 Å². The fourth-order valence-corrected chi connectivity index (χ4v) is 1.71. The highest BCUT2D eigenvalue weighted by molar-refractivity contribution is 9.08. The summed E-state index contributed by atoms with van der Waals surface area (Å²) in [6.45, 7) is 0.774. The van der Waals surface area contributed by atoms with E-state index in [1.54, 1.807) is 6.20 Å². The van der Waals surface area contributed by atoms with Crippen LogP contribution in [0.5, 0.6) is 5.75 Å². The number of aromatic nitrogens is 1. The molecule has 2 nitrogen and oxygen atoms in total. The van der Waals surface area contributed by atoms with Gasteiger partial charge >= 0.3 is 0 Å². The van der Waals surface area contributed by atoms with Crippen molar-refractivity contribution in [3.63, 3.8) is 0 Å². The first-order valence-electron chi connectivity index (χ1n) is 4.49. The molecule has 0 unspecified atom stereocenters. The van der Waals surface area contributed by atoms with Gasteiger partial charge in [-0.15, -0.1) is 0 Å². The Morgan fingerprint density at radius 1 is 1.50 bits per heavy atom. The molecule has 1 aromatic heterocycles.